The summed E-state index contributed by atoms with van der Waals surface area (Å²) in [6, 6.07) is 8.10. The summed E-state index contributed by atoms with van der Waals surface area (Å²) in [4.78, 5) is 15.0. The number of fused-ring (bicyclic) bond motifs is 1. The number of anilines is 1. The van der Waals surface area contributed by atoms with Crippen molar-refractivity contribution >= 4 is 27.9 Å². The number of nitrogens with zero attached hydrogens (tertiary/aromatic N) is 2. The molecular formula is C20H20N2O6S. The number of aromatic nitrogens is 1. The topological polar surface area (TPSA) is 128 Å². The molecule has 0 saturated carbocycles. The van der Waals surface area contributed by atoms with E-state index in [-0.39, 0.29) is 11.4 Å². The fourth-order valence-electron chi connectivity index (χ4n) is 3.00. The van der Waals surface area contributed by atoms with Gasteiger partial charge in [0.25, 0.3) is 10.0 Å². The largest absolute Gasteiger partial charge is 0.478 e. The third kappa shape index (κ3) is 4.89. The third-order valence-electron chi connectivity index (χ3n) is 4.38. The highest BCUT2D eigenvalue weighted by Crippen LogP contribution is 2.31. The van der Waals surface area contributed by atoms with Gasteiger partial charge in [0.1, 0.15) is 5.82 Å². The molecule has 3 rings (SSSR count). The van der Waals surface area contributed by atoms with E-state index in [0.717, 1.165) is 17.2 Å². The standard InChI is InChI=1S/C20H20N2O6S/c23-18(24)3-1-2-14-4-7-17(8-5-14)29(27,28)22-11-10-16-12-15(6-9-19(25)26)13-21-20(16)22/h1,3-9,12-13,18,23-24H,2,10-11H2,(H,25,26). The molecule has 1 aliphatic rings. The third-order valence-corrected chi connectivity index (χ3v) is 6.18. The van der Waals surface area contributed by atoms with Crippen LogP contribution in [0.2, 0.25) is 0 Å². The van der Waals surface area contributed by atoms with Gasteiger partial charge in [-0.05, 0) is 59.9 Å². The Morgan fingerprint density at radius 3 is 2.62 bits per heavy atom. The lowest BCUT2D eigenvalue weighted by Crippen LogP contribution is -2.29. The van der Waals surface area contributed by atoms with E-state index in [1.165, 1.54) is 34.8 Å². The fraction of sp³-hybridized carbons (Fsp3) is 0.200. The summed E-state index contributed by atoms with van der Waals surface area (Å²) in [5, 5.41) is 26.3. The van der Waals surface area contributed by atoms with Crippen LogP contribution < -0.4 is 4.31 Å². The first-order chi connectivity index (χ1) is 13.8. The number of rotatable bonds is 7. The summed E-state index contributed by atoms with van der Waals surface area (Å²) in [7, 11) is -3.78. The van der Waals surface area contributed by atoms with Gasteiger partial charge in [0.05, 0.1) is 4.90 Å². The molecule has 29 heavy (non-hydrogen) atoms. The molecule has 0 fully saturated rings. The number of hydrogen-bond acceptors (Lipinski definition) is 6. The molecule has 0 radical (unpaired) electrons. The van der Waals surface area contributed by atoms with Crippen molar-refractivity contribution in [2.24, 2.45) is 0 Å². The van der Waals surface area contributed by atoms with E-state index < -0.39 is 22.3 Å². The summed E-state index contributed by atoms with van der Waals surface area (Å²) in [5.74, 6) is -0.720. The number of aliphatic hydroxyl groups is 2. The average molecular weight is 416 g/mol. The molecule has 0 atom stereocenters. The van der Waals surface area contributed by atoms with Crippen LogP contribution in [0.1, 0.15) is 16.7 Å². The van der Waals surface area contributed by atoms with Crippen molar-refractivity contribution in [3.05, 3.63) is 71.4 Å². The number of carboxylic acids is 1. The molecule has 9 heteroatoms. The van der Waals surface area contributed by atoms with Gasteiger partial charge in [-0.25, -0.2) is 22.5 Å². The molecule has 152 valence electrons. The molecule has 2 aromatic rings. The van der Waals surface area contributed by atoms with E-state index in [1.54, 1.807) is 24.3 Å². The van der Waals surface area contributed by atoms with Crippen molar-refractivity contribution in [2.75, 3.05) is 10.8 Å². The van der Waals surface area contributed by atoms with Crippen LogP contribution >= 0.6 is 0 Å². The second kappa shape index (κ2) is 8.56. The first kappa shape index (κ1) is 20.7. The molecule has 1 aromatic heterocycles. The van der Waals surface area contributed by atoms with Gasteiger partial charge in [-0.1, -0.05) is 18.2 Å². The van der Waals surface area contributed by atoms with E-state index in [0.29, 0.717) is 24.2 Å². The summed E-state index contributed by atoms with van der Waals surface area (Å²) in [5.41, 5.74) is 2.16. The Bertz CT molecular complexity index is 1060. The Balaban J connectivity index is 1.80. The van der Waals surface area contributed by atoms with Crippen LogP contribution in [0, 0.1) is 0 Å². The zero-order valence-corrected chi connectivity index (χ0v) is 16.2. The molecular weight excluding hydrogens is 396 g/mol. The Morgan fingerprint density at radius 2 is 1.97 bits per heavy atom. The van der Waals surface area contributed by atoms with Gasteiger partial charge >= 0.3 is 5.97 Å². The zero-order chi connectivity index (χ0) is 21.0. The van der Waals surface area contributed by atoms with Crippen molar-refractivity contribution in [1.29, 1.82) is 0 Å². The Hall–Kier alpha value is -3.01. The normalized spacial score (nSPS) is 14.2. The zero-order valence-electron chi connectivity index (χ0n) is 15.3. The molecule has 2 heterocycles. The molecule has 1 aliphatic heterocycles. The van der Waals surface area contributed by atoms with E-state index in [1.807, 2.05) is 0 Å². The predicted molar refractivity (Wildman–Crippen MR) is 107 cm³/mol. The quantitative estimate of drug-likeness (QED) is 0.353. The fourth-order valence-corrected chi connectivity index (χ4v) is 4.46. The highest BCUT2D eigenvalue weighted by Gasteiger charge is 2.32. The van der Waals surface area contributed by atoms with E-state index in [9.17, 15) is 13.2 Å². The second-order valence-corrected chi connectivity index (χ2v) is 8.30. The molecule has 0 spiro atoms. The monoisotopic (exact) mass is 416 g/mol. The highest BCUT2D eigenvalue weighted by molar-refractivity contribution is 7.92. The van der Waals surface area contributed by atoms with Crippen LogP contribution in [0.3, 0.4) is 0 Å². The van der Waals surface area contributed by atoms with Crippen LogP contribution in [-0.4, -0.2) is 47.5 Å². The number of pyridine rings is 1. The molecule has 0 unspecified atom stereocenters. The summed E-state index contributed by atoms with van der Waals surface area (Å²) < 4.78 is 27.3. The molecule has 0 saturated heterocycles. The first-order valence-corrected chi connectivity index (χ1v) is 10.3. The summed E-state index contributed by atoms with van der Waals surface area (Å²) in [6.45, 7) is 0.260. The van der Waals surface area contributed by atoms with Gasteiger partial charge in [0, 0.05) is 18.8 Å². The number of carbonyl (C=O) groups is 1. The molecule has 3 N–H and O–H groups in total. The van der Waals surface area contributed by atoms with Crippen molar-refractivity contribution in [3.8, 4) is 0 Å². The Morgan fingerprint density at radius 1 is 1.24 bits per heavy atom. The summed E-state index contributed by atoms with van der Waals surface area (Å²) >= 11 is 0. The molecule has 0 bridgehead atoms. The van der Waals surface area contributed by atoms with E-state index in [4.69, 9.17) is 15.3 Å². The molecule has 8 nitrogen and oxygen atoms in total. The maximum Gasteiger partial charge on any atom is 0.328 e. The van der Waals surface area contributed by atoms with Gasteiger partial charge in [0.2, 0.25) is 0 Å². The van der Waals surface area contributed by atoms with Crippen LogP contribution in [0.25, 0.3) is 6.08 Å². The molecule has 1 aromatic carbocycles. The van der Waals surface area contributed by atoms with Gasteiger partial charge in [-0.3, -0.25) is 0 Å². The van der Waals surface area contributed by atoms with Crippen molar-refractivity contribution in [1.82, 2.24) is 4.98 Å². The van der Waals surface area contributed by atoms with Gasteiger partial charge < -0.3 is 15.3 Å². The summed E-state index contributed by atoms with van der Waals surface area (Å²) in [6.07, 6.45) is 6.10. The Kier molecular flexibility index (Phi) is 6.12. The highest BCUT2D eigenvalue weighted by atomic mass is 32.2. The first-order valence-electron chi connectivity index (χ1n) is 8.82. The van der Waals surface area contributed by atoms with E-state index in [2.05, 4.69) is 4.98 Å². The lowest BCUT2D eigenvalue weighted by Gasteiger charge is -2.18. The van der Waals surface area contributed by atoms with Crippen molar-refractivity contribution in [2.45, 2.75) is 24.0 Å². The number of carboxylic acid groups (broad SMARTS) is 1. The SMILES string of the molecule is O=C(O)C=Cc1cnc2c(c1)CCN2S(=O)(=O)c1ccc(CC=CC(O)O)cc1. The van der Waals surface area contributed by atoms with Crippen LogP contribution in [0.15, 0.2) is 59.7 Å². The minimum absolute atomic E-state index is 0.136. The minimum atomic E-state index is -3.78. The van der Waals surface area contributed by atoms with Crippen molar-refractivity contribution < 1.29 is 28.5 Å². The van der Waals surface area contributed by atoms with Gasteiger partial charge in [-0.15, -0.1) is 0 Å². The number of aliphatic hydroxyl groups excluding tert-OH is 1. The smallest absolute Gasteiger partial charge is 0.328 e. The lowest BCUT2D eigenvalue weighted by molar-refractivity contribution is -0.131. The van der Waals surface area contributed by atoms with Gasteiger partial charge in [-0.2, -0.15) is 0 Å². The molecule has 0 amide bonds. The van der Waals surface area contributed by atoms with Crippen molar-refractivity contribution in [3.63, 3.8) is 0 Å². The van der Waals surface area contributed by atoms with E-state index >= 15 is 0 Å². The van der Waals surface area contributed by atoms with Crippen LogP contribution in [0.4, 0.5) is 5.82 Å². The number of benzene rings is 1. The van der Waals surface area contributed by atoms with Crippen LogP contribution in [0.5, 0.6) is 0 Å². The Labute approximate surface area is 168 Å². The van der Waals surface area contributed by atoms with Crippen LogP contribution in [-0.2, 0) is 27.7 Å². The average Bonchev–Trinajstić information content (AvgIpc) is 3.10. The molecule has 0 aliphatic carbocycles. The maximum atomic E-state index is 13.0. The number of hydrogen-bond donors (Lipinski definition) is 3. The van der Waals surface area contributed by atoms with Gasteiger partial charge in [0.15, 0.2) is 6.29 Å². The second-order valence-electron chi connectivity index (χ2n) is 6.44. The maximum absolute atomic E-state index is 13.0. The minimum Gasteiger partial charge on any atom is -0.478 e. The number of allylic oxidation sites excluding steroid dienone is 1. The number of sulfonamides is 1. The number of aliphatic carboxylic acids is 1. The lowest BCUT2D eigenvalue weighted by atomic mass is 10.1. The predicted octanol–water partition coefficient (Wildman–Crippen LogP) is 1.34.